The van der Waals surface area contributed by atoms with E-state index >= 15 is 0 Å². The standard InChI is InChI=1S/C13H19N5O2/c1-2-14-12-11(18(19)20)13(16-7-15-12)17-10-6-8-3-4-9(10)5-8/h7-10H,2-6H2,1H3,(H2,14,15,16,17). The van der Waals surface area contributed by atoms with Gasteiger partial charge in [-0.25, -0.2) is 9.97 Å². The van der Waals surface area contributed by atoms with Crippen LogP contribution < -0.4 is 10.6 Å². The highest BCUT2D eigenvalue weighted by Crippen LogP contribution is 2.46. The van der Waals surface area contributed by atoms with E-state index in [1.165, 1.54) is 25.6 Å². The highest BCUT2D eigenvalue weighted by molar-refractivity contribution is 5.69. The average Bonchev–Trinajstić information content (AvgIpc) is 3.01. The molecule has 2 aliphatic rings. The Morgan fingerprint density at radius 2 is 2.15 bits per heavy atom. The van der Waals surface area contributed by atoms with E-state index in [-0.39, 0.29) is 11.5 Å². The fraction of sp³-hybridized carbons (Fsp3) is 0.692. The summed E-state index contributed by atoms with van der Waals surface area (Å²) in [6.45, 7) is 2.47. The van der Waals surface area contributed by atoms with Crippen LogP contribution >= 0.6 is 0 Å². The second-order valence-corrected chi connectivity index (χ2v) is 5.63. The van der Waals surface area contributed by atoms with E-state index in [2.05, 4.69) is 20.6 Å². The first kappa shape index (κ1) is 13.1. The molecule has 2 N–H and O–H groups in total. The zero-order valence-corrected chi connectivity index (χ0v) is 11.5. The van der Waals surface area contributed by atoms with E-state index in [4.69, 9.17) is 0 Å². The molecule has 0 amide bonds. The van der Waals surface area contributed by atoms with Crippen molar-refractivity contribution in [2.24, 2.45) is 11.8 Å². The molecular weight excluding hydrogens is 258 g/mol. The Labute approximate surface area is 117 Å². The molecular formula is C13H19N5O2. The van der Waals surface area contributed by atoms with Gasteiger partial charge in [0.1, 0.15) is 6.33 Å². The Hall–Kier alpha value is -1.92. The number of nitrogens with zero attached hydrogens (tertiary/aromatic N) is 3. The zero-order valence-electron chi connectivity index (χ0n) is 11.5. The molecule has 7 heteroatoms. The third kappa shape index (κ3) is 2.28. The maximum atomic E-state index is 11.3. The molecule has 0 aromatic carbocycles. The first-order valence-corrected chi connectivity index (χ1v) is 7.18. The quantitative estimate of drug-likeness (QED) is 0.634. The lowest BCUT2D eigenvalue weighted by Crippen LogP contribution is -2.27. The number of anilines is 2. The van der Waals surface area contributed by atoms with Crippen LogP contribution in [0.3, 0.4) is 0 Å². The first-order chi connectivity index (χ1) is 9.69. The Morgan fingerprint density at radius 3 is 2.75 bits per heavy atom. The molecule has 0 spiro atoms. The highest BCUT2D eigenvalue weighted by atomic mass is 16.6. The van der Waals surface area contributed by atoms with Gasteiger partial charge in [0.05, 0.1) is 4.92 Å². The molecule has 0 aliphatic heterocycles. The molecule has 2 saturated carbocycles. The van der Waals surface area contributed by atoms with Crippen molar-refractivity contribution in [3.8, 4) is 0 Å². The summed E-state index contributed by atoms with van der Waals surface area (Å²) < 4.78 is 0. The van der Waals surface area contributed by atoms with Gasteiger partial charge in [-0.05, 0) is 38.0 Å². The van der Waals surface area contributed by atoms with Crippen molar-refractivity contribution in [2.45, 2.75) is 38.6 Å². The fourth-order valence-corrected chi connectivity index (χ4v) is 3.55. The van der Waals surface area contributed by atoms with Gasteiger partial charge < -0.3 is 10.6 Å². The molecule has 3 rings (SSSR count). The van der Waals surface area contributed by atoms with E-state index in [0.29, 0.717) is 24.3 Å². The summed E-state index contributed by atoms with van der Waals surface area (Å²) in [5.74, 6) is 2.06. The third-order valence-corrected chi connectivity index (χ3v) is 4.41. The van der Waals surface area contributed by atoms with Gasteiger partial charge in [0.2, 0.25) is 11.6 Å². The fourth-order valence-electron chi connectivity index (χ4n) is 3.55. The average molecular weight is 277 g/mol. The van der Waals surface area contributed by atoms with E-state index in [0.717, 1.165) is 12.3 Å². The van der Waals surface area contributed by atoms with Gasteiger partial charge in [-0.1, -0.05) is 6.42 Å². The highest BCUT2D eigenvalue weighted by Gasteiger charge is 2.40. The smallest absolute Gasteiger partial charge is 0.353 e. The van der Waals surface area contributed by atoms with Crippen LogP contribution in [0.25, 0.3) is 0 Å². The van der Waals surface area contributed by atoms with E-state index in [1.807, 2.05) is 6.92 Å². The van der Waals surface area contributed by atoms with E-state index in [1.54, 1.807) is 0 Å². The molecule has 1 heterocycles. The van der Waals surface area contributed by atoms with Crippen LogP contribution in [0, 0.1) is 22.0 Å². The van der Waals surface area contributed by atoms with Gasteiger partial charge in [0, 0.05) is 12.6 Å². The maximum Gasteiger partial charge on any atom is 0.353 e. The SMILES string of the molecule is CCNc1ncnc(NC2CC3CCC2C3)c1[N+](=O)[O-]. The molecule has 7 nitrogen and oxygen atoms in total. The Balaban J connectivity index is 1.85. The molecule has 0 saturated heterocycles. The van der Waals surface area contributed by atoms with Crippen LogP contribution in [0.15, 0.2) is 6.33 Å². The largest absolute Gasteiger partial charge is 0.364 e. The molecule has 3 unspecified atom stereocenters. The molecule has 1 aromatic rings. The number of nitrogens with one attached hydrogen (secondary N) is 2. The van der Waals surface area contributed by atoms with Gasteiger partial charge in [0.15, 0.2) is 0 Å². The maximum absolute atomic E-state index is 11.3. The molecule has 3 atom stereocenters. The number of rotatable bonds is 5. The van der Waals surface area contributed by atoms with Crippen molar-refractivity contribution >= 4 is 17.3 Å². The minimum Gasteiger partial charge on any atom is -0.364 e. The van der Waals surface area contributed by atoms with Crippen LogP contribution in [-0.2, 0) is 0 Å². The first-order valence-electron chi connectivity index (χ1n) is 7.18. The summed E-state index contributed by atoms with van der Waals surface area (Å²) in [4.78, 5) is 18.9. The van der Waals surface area contributed by atoms with E-state index in [9.17, 15) is 10.1 Å². The van der Waals surface area contributed by atoms with Gasteiger partial charge in [-0.15, -0.1) is 0 Å². The third-order valence-electron chi connectivity index (χ3n) is 4.41. The van der Waals surface area contributed by atoms with Gasteiger partial charge in [-0.2, -0.15) is 0 Å². The molecule has 20 heavy (non-hydrogen) atoms. The normalized spacial score (nSPS) is 27.6. The summed E-state index contributed by atoms with van der Waals surface area (Å²) >= 11 is 0. The lowest BCUT2D eigenvalue weighted by atomic mass is 9.95. The van der Waals surface area contributed by atoms with Crippen molar-refractivity contribution in [1.29, 1.82) is 0 Å². The van der Waals surface area contributed by atoms with Crippen LogP contribution in [0.1, 0.15) is 32.6 Å². The van der Waals surface area contributed by atoms with Crippen LogP contribution in [-0.4, -0.2) is 27.5 Å². The summed E-state index contributed by atoms with van der Waals surface area (Å²) in [5, 5.41) is 17.5. The number of nitro groups is 1. The van der Waals surface area contributed by atoms with E-state index < -0.39 is 4.92 Å². The van der Waals surface area contributed by atoms with Crippen molar-refractivity contribution < 1.29 is 4.92 Å². The zero-order chi connectivity index (χ0) is 14.1. The molecule has 1 aromatic heterocycles. The van der Waals surface area contributed by atoms with Gasteiger partial charge in [0.25, 0.3) is 0 Å². The predicted molar refractivity (Wildman–Crippen MR) is 75.7 cm³/mol. The van der Waals surface area contributed by atoms with Crippen molar-refractivity contribution in [1.82, 2.24) is 9.97 Å². The lowest BCUT2D eigenvalue weighted by Gasteiger charge is -2.23. The monoisotopic (exact) mass is 277 g/mol. The Kier molecular flexibility index (Phi) is 3.42. The number of fused-ring (bicyclic) bond motifs is 2. The predicted octanol–water partition coefficient (Wildman–Crippen LogP) is 2.42. The second-order valence-electron chi connectivity index (χ2n) is 5.63. The van der Waals surface area contributed by atoms with Gasteiger partial charge in [-0.3, -0.25) is 10.1 Å². The topological polar surface area (TPSA) is 93.0 Å². The summed E-state index contributed by atoms with van der Waals surface area (Å²) in [7, 11) is 0. The van der Waals surface area contributed by atoms with Crippen LogP contribution in [0.2, 0.25) is 0 Å². The van der Waals surface area contributed by atoms with Crippen LogP contribution in [0.5, 0.6) is 0 Å². The van der Waals surface area contributed by atoms with Crippen molar-refractivity contribution in [2.75, 3.05) is 17.2 Å². The Morgan fingerprint density at radius 1 is 1.35 bits per heavy atom. The molecule has 0 radical (unpaired) electrons. The number of hydrogen-bond donors (Lipinski definition) is 2. The molecule has 108 valence electrons. The van der Waals surface area contributed by atoms with Crippen LogP contribution in [0.4, 0.5) is 17.3 Å². The Bertz CT molecular complexity index is 521. The molecule has 2 bridgehead atoms. The molecule has 2 aliphatic carbocycles. The summed E-state index contributed by atoms with van der Waals surface area (Å²) in [6, 6.07) is 0.317. The lowest BCUT2D eigenvalue weighted by molar-refractivity contribution is -0.383. The van der Waals surface area contributed by atoms with Crippen molar-refractivity contribution in [3.63, 3.8) is 0 Å². The molecule has 2 fully saturated rings. The number of aromatic nitrogens is 2. The van der Waals surface area contributed by atoms with Crippen molar-refractivity contribution in [3.05, 3.63) is 16.4 Å². The second kappa shape index (κ2) is 5.22. The number of hydrogen-bond acceptors (Lipinski definition) is 6. The minimum absolute atomic E-state index is 0.0443. The van der Waals surface area contributed by atoms with Gasteiger partial charge >= 0.3 is 5.69 Å². The minimum atomic E-state index is -0.409. The summed E-state index contributed by atoms with van der Waals surface area (Å²) in [6.07, 6.45) is 6.25. The summed E-state index contributed by atoms with van der Waals surface area (Å²) in [5.41, 5.74) is -0.0443.